The lowest BCUT2D eigenvalue weighted by atomic mass is 10.2. The molecule has 5 nitrogen and oxygen atoms in total. The molecule has 2 rings (SSSR count). The Morgan fingerprint density at radius 3 is 2.94 bits per heavy atom. The highest BCUT2D eigenvalue weighted by Gasteiger charge is 2.17. The van der Waals surface area contributed by atoms with E-state index in [0.717, 1.165) is 36.8 Å². The van der Waals surface area contributed by atoms with Gasteiger partial charge in [0.25, 0.3) is 0 Å². The number of nitrogens with zero attached hydrogens (tertiary/aromatic N) is 2. The van der Waals surface area contributed by atoms with E-state index >= 15 is 0 Å². The Labute approximate surface area is 109 Å². The van der Waals surface area contributed by atoms with Gasteiger partial charge in [-0.25, -0.2) is 4.68 Å². The van der Waals surface area contributed by atoms with E-state index < -0.39 is 0 Å². The molecule has 0 saturated carbocycles. The molecule has 102 valence electrons. The molecule has 0 radical (unpaired) electrons. The Hall–Kier alpha value is -1.23. The topological polar surface area (TPSA) is 65.1 Å². The molecule has 0 aliphatic carbocycles. The highest BCUT2D eigenvalue weighted by molar-refractivity contribution is 5.64. The Morgan fingerprint density at radius 2 is 2.33 bits per heavy atom. The SMILES string of the molecule is Cc1nn(C(C)C)c(NCCC2CCCO2)c1N. The van der Waals surface area contributed by atoms with Gasteiger partial charge in [0.15, 0.2) is 0 Å². The molecule has 18 heavy (non-hydrogen) atoms. The van der Waals surface area contributed by atoms with E-state index in [4.69, 9.17) is 10.5 Å². The maximum absolute atomic E-state index is 6.06. The van der Waals surface area contributed by atoms with E-state index in [0.29, 0.717) is 12.1 Å². The lowest BCUT2D eigenvalue weighted by Crippen LogP contribution is -2.16. The molecule has 1 aromatic rings. The van der Waals surface area contributed by atoms with Gasteiger partial charge in [-0.15, -0.1) is 0 Å². The van der Waals surface area contributed by atoms with Gasteiger partial charge in [-0.2, -0.15) is 5.10 Å². The molecule has 3 N–H and O–H groups in total. The second-order valence-electron chi connectivity index (χ2n) is 5.24. The minimum absolute atomic E-state index is 0.311. The molecule has 1 aliphatic rings. The number of nitrogen functional groups attached to an aromatic ring is 1. The van der Waals surface area contributed by atoms with Crippen molar-refractivity contribution in [1.82, 2.24) is 9.78 Å². The van der Waals surface area contributed by atoms with Gasteiger partial charge in [-0.1, -0.05) is 0 Å². The maximum atomic E-state index is 6.06. The standard InChI is InChI=1S/C13H24N4O/c1-9(2)17-13(12(14)10(3)16-17)15-7-6-11-5-4-8-18-11/h9,11,15H,4-8,14H2,1-3H3. The van der Waals surface area contributed by atoms with Gasteiger partial charge in [0.2, 0.25) is 0 Å². The summed E-state index contributed by atoms with van der Waals surface area (Å²) in [6.07, 6.45) is 3.81. The van der Waals surface area contributed by atoms with Crippen molar-refractivity contribution in [2.24, 2.45) is 0 Å². The van der Waals surface area contributed by atoms with E-state index in [2.05, 4.69) is 24.3 Å². The van der Waals surface area contributed by atoms with Crippen molar-refractivity contribution < 1.29 is 4.74 Å². The molecule has 1 aliphatic heterocycles. The van der Waals surface area contributed by atoms with Gasteiger partial charge in [-0.3, -0.25) is 0 Å². The van der Waals surface area contributed by atoms with Crippen LogP contribution in [0, 0.1) is 6.92 Å². The molecule has 0 spiro atoms. The van der Waals surface area contributed by atoms with Crippen molar-refractivity contribution in [2.75, 3.05) is 24.2 Å². The summed E-state index contributed by atoms with van der Waals surface area (Å²) in [6.45, 7) is 7.95. The van der Waals surface area contributed by atoms with Crippen molar-refractivity contribution in [1.29, 1.82) is 0 Å². The molecule has 0 amide bonds. The lowest BCUT2D eigenvalue weighted by molar-refractivity contribution is 0.107. The van der Waals surface area contributed by atoms with Crippen LogP contribution in [-0.2, 0) is 4.74 Å². The summed E-state index contributed by atoms with van der Waals surface area (Å²) in [5.74, 6) is 0.945. The van der Waals surface area contributed by atoms with Crippen LogP contribution in [0.25, 0.3) is 0 Å². The van der Waals surface area contributed by atoms with E-state index in [1.807, 2.05) is 11.6 Å². The first-order chi connectivity index (χ1) is 8.59. The monoisotopic (exact) mass is 252 g/mol. The molecule has 1 fully saturated rings. The number of ether oxygens (including phenoxy) is 1. The Bertz CT molecular complexity index is 394. The Morgan fingerprint density at radius 1 is 1.56 bits per heavy atom. The molecule has 1 atom stereocenters. The van der Waals surface area contributed by atoms with Gasteiger partial charge in [0.1, 0.15) is 5.82 Å². The number of rotatable bonds is 5. The largest absolute Gasteiger partial charge is 0.394 e. The molecule has 0 bridgehead atoms. The maximum Gasteiger partial charge on any atom is 0.148 e. The van der Waals surface area contributed by atoms with Crippen molar-refractivity contribution >= 4 is 11.5 Å². The molecule has 1 saturated heterocycles. The summed E-state index contributed by atoms with van der Waals surface area (Å²) in [7, 11) is 0. The fraction of sp³-hybridized carbons (Fsp3) is 0.769. The summed E-state index contributed by atoms with van der Waals surface area (Å²) in [5, 5.41) is 7.86. The fourth-order valence-corrected chi connectivity index (χ4v) is 2.33. The molecule has 1 unspecified atom stereocenters. The first-order valence-corrected chi connectivity index (χ1v) is 6.79. The Balaban J connectivity index is 1.95. The third kappa shape index (κ3) is 2.77. The van der Waals surface area contributed by atoms with Crippen LogP contribution in [0.15, 0.2) is 0 Å². The smallest absolute Gasteiger partial charge is 0.148 e. The van der Waals surface area contributed by atoms with Crippen molar-refractivity contribution in [2.45, 2.75) is 52.2 Å². The van der Waals surface area contributed by atoms with E-state index in [1.165, 1.54) is 12.8 Å². The quantitative estimate of drug-likeness (QED) is 0.844. The van der Waals surface area contributed by atoms with Crippen LogP contribution in [-0.4, -0.2) is 29.0 Å². The van der Waals surface area contributed by atoms with Gasteiger partial charge in [0.05, 0.1) is 17.5 Å². The van der Waals surface area contributed by atoms with Crippen molar-refractivity contribution in [3.8, 4) is 0 Å². The van der Waals surface area contributed by atoms with Crippen LogP contribution in [0.4, 0.5) is 11.5 Å². The predicted molar refractivity (Wildman–Crippen MR) is 73.8 cm³/mol. The first kappa shape index (κ1) is 13.2. The van der Waals surface area contributed by atoms with Gasteiger partial charge >= 0.3 is 0 Å². The summed E-state index contributed by atoms with van der Waals surface area (Å²) in [6, 6.07) is 0.311. The Kier molecular flexibility index (Phi) is 4.11. The summed E-state index contributed by atoms with van der Waals surface area (Å²) >= 11 is 0. The van der Waals surface area contributed by atoms with Crippen molar-refractivity contribution in [3.05, 3.63) is 5.69 Å². The van der Waals surface area contributed by atoms with E-state index in [-0.39, 0.29) is 0 Å². The summed E-state index contributed by atoms with van der Waals surface area (Å²) in [5.41, 5.74) is 7.71. The fourth-order valence-electron chi connectivity index (χ4n) is 2.33. The van der Waals surface area contributed by atoms with Gasteiger partial charge in [0, 0.05) is 19.2 Å². The van der Waals surface area contributed by atoms with Gasteiger partial charge < -0.3 is 15.8 Å². The second-order valence-corrected chi connectivity index (χ2v) is 5.24. The van der Waals surface area contributed by atoms with Crippen LogP contribution in [0.2, 0.25) is 0 Å². The number of aryl methyl sites for hydroxylation is 1. The van der Waals surface area contributed by atoms with Crippen molar-refractivity contribution in [3.63, 3.8) is 0 Å². The number of hydrogen-bond donors (Lipinski definition) is 2. The molecular weight excluding hydrogens is 228 g/mol. The van der Waals surface area contributed by atoms with Crippen LogP contribution < -0.4 is 11.1 Å². The zero-order valence-electron chi connectivity index (χ0n) is 11.6. The highest BCUT2D eigenvalue weighted by atomic mass is 16.5. The number of anilines is 2. The van der Waals surface area contributed by atoms with Gasteiger partial charge in [-0.05, 0) is 40.0 Å². The van der Waals surface area contributed by atoms with E-state index in [9.17, 15) is 0 Å². The molecular formula is C13H24N4O. The average molecular weight is 252 g/mol. The first-order valence-electron chi connectivity index (χ1n) is 6.79. The third-order valence-electron chi connectivity index (χ3n) is 3.40. The normalized spacial score (nSPS) is 19.7. The number of nitrogens with two attached hydrogens (primary N) is 1. The summed E-state index contributed by atoms with van der Waals surface area (Å²) < 4.78 is 7.57. The molecule has 2 heterocycles. The van der Waals surface area contributed by atoms with E-state index in [1.54, 1.807) is 0 Å². The minimum Gasteiger partial charge on any atom is -0.394 e. The summed E-state index contributed by atoms with van der Waals surface area (Å²) in [4.78, 5) is 0. The number of aromatic nitrogens is 2. The van der Waals surface area contributed by atoms with Crippen LogP contribution in [0.1, 0.15) is 44.8 Å². The third-order valence-corrected chi connectivity index (χ3v) is 3.40. The minimum atomic E-state index is 0.311. The van der Waals surface area contributed by atoms with Crippen LogP contribution in [0.5, 0.6) is 0 Å². The number of hydrogen-bond acceptors (Lipinski definition) is 4. The zero-order chi connectivity index (χ0) is 13.1. The molecule has 1 aromatic heterocycles. The zero-order valence-corrected chi connectivity index (χ0v) is 11.6. The van der Waals surface area contributed by atoms with Crippen LogP contribution in [0.3, 0.4) is 0 Å². The molecule has 0 aromatic carbocycles. The lowest BCUT2D eigenvalue weighted by Gasteiger charge is -2.15. The van der Waals surface area contributed by atoms with Crippen LogP contribution >= 0.6 is 0 Å². The second kappa shape index (κ2) is 5.61. The molecule has 5 heteroatoms. The highest BCUT2D eigenvalue weighted by Crippen LogP contribution is 2.25. The number of nitrogens with one attached hydrogen (secondary N) is 1. The average Bonchev–Trinajstić information content (AvgIpc) is 2.92. The predicted octanol–water partition coefficient (Wildman–Crippen LogP) is 2.34.